The Balaban J connectivity index is 1.14. The van der Waals surface area contributed by atoms with Gasteiger partial charge in [0.1, 0.15) is 0 Å². The molecule has 9 aromatic rings. The molecule has 2 aliphatic rings. The maximum atomic E-state index is 2.48. The molecule has 11 rings (SSSR count). The highest BCUT2D eigenvalue weighted by atomic mass is 15.2. The van der Waals surface area contributed by atoms with Gasteiger partial charge in [-0.25, -0.2) is 0 Å². The molecule has 1 unspecified atom stereocenters. The minimum Gasteiger partial charge on any atom is -0.314 e. The van der Waals surface area contributed by atoms with Gasteiger partial charge in [-0.05, 0) is 83.8 Å². The molecule has 47 heavy (non-hydrogen) atoms. The van der Waals surface area contributed by atoms with Crippen LogP contribution in [0.4, 0.5) is 11.4 Å². The van der Waals surface area contributed by atoms with Crippen molar-refractivity contribution in [3.05, 3.63) is 169 Å². The Morgan fingerprint density at radius 1 is 0.532 bits per heavy atom. The van der Waals surface area contributed by atoms with Crippen molar-refractivity contribution in [2.24, 2.45) is 0 Å². The lowest BCUT2D eigenvalue weighted by molar-refractivity contribution is 0.760. The average Bonchev–Trinajstić information content (AvgIpc) is 3.77. The van der Waals surface area contributed by atoms with Crippen LogP contribution in [0.2, 0.25) is 0 Å². The Morgan fingerprint density at radius 3 is 2.19 bits per heavy atom. The van der Waals surface area contributed by atoms with E-state index in [1.165, 1.54) is 88.6 Å². The zero-order valence-corrected chi connectivity index (χ0v) is 25.6. The number of pyridine rings is 1. The molecule has 0 radical (unpaired) electrons. The van der Waals surface area contributed by atoms with Crippen LogP contribution in [0.3, 0.4) is 0 Å². The predicted molar refractivity (Wildman–Crippen MR) is 197 cm³/mol. The van der Waals surface area contributed by atoms with Gasteiger partial charge in [0.2, 0.25) is 0 Å². The highest BCUT2D eigenvalue weighted by Gasteiger charge is 2.29. The van der Waals surface area contributed by atoms with Gasteiger partial charge in [-0.2, -0.15) is 0 Å². The minimum absolute atomic E-state index is 0.462. The molecule has 5 aromatic carbocycles. The molecule has 0 fully saturated rings. The van der Waals surface area contributed by atoms with Gasteiger partial charge in [0, 0.05) is 50.2 Å². The third-order valence-corrected chi connectivity index (χ3v) is 10.5. The summed E-state index contributed by atoms with van der Waals surface area (Å²) in [5.74, 6) is 0.462. The molecule has 4 aromatic heterocycles. The number of hydrogen-bond donors (Lipinski definition) is 0. The van der Waals surface area contributed by atoms with E-state index in [1.807, 2.05) is 0 Å². The smallest absolute Gasteiger partial charge is 0.0803 e. The van der Waals surface area contributed by atoms with Crippen molar-refractivity contribution >= 4 is 60.5 Å². The second-order valence-electron chi connectivity index (χ2n) is 12.9. The number of benzene rings is 5. The third kappa shape index (κ3) is 3.35. The van der Waals surface area contributed by atoms with Crippen LogP contribution in [-0.4, -0.2) is 8.97 Å². The second kappa shape index (κ2) is 9.24. The molecule has 1 atom stereocenters. The molecule has 1 aliphatic carbocycles. The Bertz CT molecular complexity index is 2760. The van der Waals surface area contributed by atoms with Gasteiger partial charge in [0.05, 0.1) is 27.6 Å². The van der Waals surface area contributed by atoms with Crippen LogP contribution < -0.4 is 4.90 Å². The molecular formula is C44H29N3. The first-order valence-electron chi connectivity index (χ1n) is 16.5. The van der Waals surface area contributed by atoms with Crippen molar-refractivity contribution in [3.8, 4) is 16.8 Å². The van der Waals surface area contributed by atoms with Crippen LogP contribution in [0, 0.1) is 0 Å². The largest absolute Gasteiger partial charge is 0.314 e. The number of nitrogens with zero attached hydrogens (tertiary/aromatic N) is 3. The molecule has 0 amide bonds. The van der Waals surface area contributed by atoms with Crippen molar-refractivity contribution < 1.29 is 0 Å². The van der Waals surface area contributed by atoms with Crippen molar-refractivity contribution in [3.63, 3.8) is 0 Å². The van der Waals surface area contributed by atoms with Crippen LogP contribution in [0.5, 0.6) is 0 Å². The van der Waals surface area contributed by atoms with Gasteiger partial charge in [-0.1, -0.05) is 97.1 Å². The fourth-order valence-electron chi connectivity index (χ4n) is 8.53. The lowest BCUT2D eigenvalue weighted by Crippen LogP contribution is -2.25. The summed E-state index contributed by atoms with van der Waals surface area (Å²) < 4.78 is 4.94. The Morgan fingerprint density at radius 2 is 1.30 bits per heavy atom. The summed E-state index contributed by atoms with van der Waals surface area (Å²) in [6.45, 7) is 0. The van der Waals surface area contributed by atoms with Crippen molar-refractivity contribution in [1.82, 2.24) is 8.97 Å². The van der Waals surface area contributed by atoms with E-state index < -0.39 is 0 Å². The number of fused-ring (bicyclic) bond motifs is 12. The van der Waals surface area contributed by atoms with E-state index >= 15 is 0 Å². The van der Waals surface area contributed by atoms with Gasteiger partial charge in [-0.15, -0.1) is 0 Å². The van der Waals surface area contributed by atoms with Gasteiger partial charge < -0.3 is 13.9 Å². The summed E-state index contributed by atoms with van der Waals surface area (Å²) in [4.78, 5) is 2.44. The molecule has 3 heteroatoms. The van der Waals surface area contributed by atoms with Crippen LogP contribution >= 0.6 is 0 Å². The lowest BCUT2D eigenvalue weighted by Gasteiger charge is -2.38. The third-order valence-electron chi connectivity index (χ3n) is 10.5. The average molecular weight is 600 g/mol. The van der Waals surface area contributed by atoms with E-state index in [2.05, 4.69) is 172 Å². The van der Waals surface area contributed by atoms with E-state index in [-0.39, 0.29) is 0 Å². The standard InChI is InChI=1S/C44H29N3/c1-2-11-31(12-3-1)46-40-25-22-29(27-37(40)42-43-36-16-5-4-15-35(36)39-18-9-19-41(44(42)46)47(39)43)28-20-23-32(24-21-28)45-33-13-8-10-30(26-33)34-14-6-7-17-38(34)45/h1-25,27,30H,26H2. The quantitative estimate of drug-likeness (QED) is 0.197. The number of aromatic nitrogens is 2. The minimum atomic E-state index is 0.462. The lowest BCUT2D eigenvalue weighted by atomic mass is 9.84. The zero-order valence-electron chi connectivity index (χ0n) is 25.6. The molecule has 0 spiro atoms. The summed E-state index contributed by atoms with van der Waals surface area (Å²) in [5, 5.41) is 5.20. The number of para-hydroxylation sites is 2. The Labute approximate surface area is 271 Å². The normalized spacial score (nSPS) is 15.8. The van der Waals surface area contributed by atoms with Crippen molar-refractivity contribution in [1.29, 1.82) is 0 Å². The van der Waals surface area contributed by atoms with Crippen molar-refractivity contribution in [2.45, 2.75) is 12.3 Å². The molecule has 1 aliphatic heterocycles. The molecule has 0 saturated heterocycles. The van der Waals surface area contributed by atoms with E-state index in [1.54, 1.807) is 0 Å². The van der Waals surface area contributed by atoms with E-state index in [0.717, 1.165) is 6.42 Å². The summed E-state index contributed by atoms with van der Waals surface area (Å²) >= 11 is 0. The van der Waals surface area contributed by atoms with Gasteiger partial charge in [0.25, 0.3) is 0 Å². The molecular weight excluding hydrogens is 571 g/mol. The Kier molecular flexibility index (Phi) is 4.95. The highest BCUT2D eigenvalue weighted by Crippen LogP contribution is 2.48. The summed E-state index contributed by atoms with van der Waals surface area (Å²) in [6, 6.07) is 51.4. The first-order chi connectivity index (χ1) is 23.3. The summed E-state index contributed by atoms with van der Waals surface area (Å²) in [5.41, 5.74) is 15.2. The van der Waals surface area contributed by atoms with Gasteiger partial charge in [0.15, 0.2) is 0 Å². The first kappa shape index (κ1) is 25.2. The molecule has 2 bridgehead atoms. The number of rotatable bonds is 3. The SMILES string of the molecule is C1=CC2CC(=C1)N(c1ccc(-c3ccc4c(c3)c3c(c5cccc6c7ccccc7c3n65)n4-c3ccccc3)cc1)c1ccccc12. The van der Waals surface area contributed by atoms with Crippen molar-refractivity contribution in [2.75, 3.05) is 4.90 Å². The summed E-state index contributed by atoms with van der Waals surface area (Å²) in [6.07, 6.45) is 7.86. The van der Waals surface area contributed by atoms with Gasteiger partial charge in [-0.3, -0.25) is 0 Å². The van der Waals surface area contributed by atoms with Crippen LogP contribution in [0.1, 0.15) is 17.9 Å². The number of allylic oxidation sites excluding steroid dienone is 4. The predicted octanol–water partition coefficient (Wildman–Crippen LogP) is 11.5. The molecule has 3 nitrogen and oxygen atoms in total. The molecule has 0 saturated carbocycles. The summed E-state index contributed by atoms with van der Waals surface area (Å²) in [7, 11) is 0. The monoisotopic (exact) mass is 599 g/mol. The van der Waals surface area contributed by atoms with Crippen LogP contribution in [0.25, 0.3) is 65.9 Å². The van der Waals surface area contributed by atoms with E-state index in [4.69, 9.17) is 0 Å². The molecule has 5 heterocycles. The maximum absolute atomic E-state index is 2.48. The van der Waals surface area contributed by atoms with E-state index in [0.29, 0.717) is 5.92 Å². The van der Waals surface area contributed by atoms with Crippen LogP contribution in [-0.2, 0) is 0 Å². The Hall–Kier alpha value is -6.06. The second-order valence-corrected chi connectivity index (χ2v) is 12.9. The molecule has 220 valence electrons. The van der Waals surface area contributed by atoms with E-state index in [9.17, 15) is 0 Å². The fraction of sp³-hybridized carbons (Fsp3) is 0.0455. The first-order valence-corrected chi connectivity index (χ1v) is 16.5. The molecule has 0 N–H and O–H groups in total. The number of hydrogen-bond acceptors (Lipinski definition) is 1. The topological polar surface area (TPSA) is 12.6 Å². The highest BCUT2D eigenvalue weighted by molar-refractivity contribution is 6.30. The van der Waals surface area contributed by atoms with Gasteiger partial charge >= 0.3 is 0 Å². The fourth-order valence-corrected chi connectivity index (χ4v) is 8.53. The zero-order chi connectivity index (χ0) is 30.6. The van der Waals surface area contributed by atoms with Crippen LogP contribution in [0.15, 0.2) is 163 Å². The number of anilines is 2. The maximum Gasteiger partial charge on any atom is 0.0803 e.